The van der Waals surface area contributed by atoms with Crippen molar-refractivity contribution in [3.05, 3.63) is 29.8 Å². The van der Waals surface area contributed by atoms with E-state index in [2.05, 4.69) is 41.4 Å². The first-order valence-electron chi connectivity index (χ1n) is 8.28. The summed E-state index contributed by atoms with van der Waals surface area (Å²) in [5.41, 5.74) is 2.03. The van der Waals surface area contributed by atoms with Gasteiger partial charge in [-0.1, -0.05) is 19.1 Å². The van der Waals surface area contributed by atoms with Gasteiger partial charge in [0.05, 0.1) is 7.11 Å². The zero-order valence-corrected chi connectivity index (χ0v) is 14.6. The monoisotopic (exact) mass is 324 g/mol. The molecule has 0 radical (unpaired) electrons. The summed E-state index contributed by atoms with van der Waals surface area (Å²) in [6.45, 7) is 8.52. The maximum Gasteiger partial charge on any atom is 0.118 e. The number of nitrogens with zero attached hydrogens (tertiary/aromatic N) is 1. The molecule has 0 bridgehead atoms. The van der Waals surface area contributed by atoms with Crippen molar-refractivity contribution >= 4 is 12.4 Å². The molecule has 1 aromatic carbocycles. The van der Waals surface area contributed by atoms with Gasteiger partial charge in [0.2, 0.25) is 0 Å². The number of hydrogen-bond donors (Lipinski definition) is 1. The third kappa shape index (κ3) is 3.95. The number of rotatable bonds is 4. The van der Waals surface area contributed by atoms with Crippen LogP contribution in [0, 0.1) is 5.41 Å². The molecule has 0 amide bonds. The van der Waals surface area contributed by atoms with Crippen LogP contribution in [0.4, 0.5) is 0 Å². The van der Waals surface area contributed by atoms with Gasteiger partial charge in [-0.15, -0.1) is 12.4 Å². The minimum Gasteiger partial charge on any atom is -0.497 e. The van der Waals surface area contributed by atoms with E-state index < -0.39 is 0 Å². The Bertz CT molecular complexity index is 457. The van der Waals surface area contributed by atoms with Crippen molar-refractivity contribution in [3.8, 4) is 5.75 Å². The smallest absolute Gasteiger partial charge is 0.118 e. The molecule has 4 heteroatoms. The van der Waals surface area contributed by atoms with Crippen LogP contribution in [0.25, 0.3) is 0 Å². The number of benzene rings is 1. The molecule has 2 aliphatic rings. The Morgan fingerprint density at radius 1 is 1.18 bits per heavy atom. The normalized spacial score (nSPS) is 22.3. The van der Waals surface area contributed by atoms with Crippen molar-refractivity contribution in [2.45, 2.75) is 32.1 Å². The summed E-state index contributed by atoms with van der Waals surface area (Å²) in [5.74, 6) is 1.54. The standard InChI is InChI=1S/C18H28N2O.ClH/c1-15(16-3-5-17(21-2)6-4-16)13-20-12-9-18(14-20)7-10-19-11-8-18;/h3-6,15,19H,7-14H2,1-2H3;1H. The second-order valence-corrected chi connectivity index (χ2v) is 6.91. The van der Waals surface area contributed by atoms with Gasteiger partial charge in [-0.05, 0) is 67.9 Å². The molecule has 0 saturated carbocycles. The first-order valence-corrected chi connectivity index (χ1v) is 8.28. The van der Waals surface area contributed by atoms with Crippen LogP contribution in [-0.4, -0.2) is 44.7 Å². The van der Waals surface area contributed by atoms with Crippen molar-refractivity contribution in [3.63, 3.8) is 0 Å². The van der Waals surface area contributed by atoms with Crippen LogP contribution in [0.2, 0.25) is 0 Å². The Hall–Kier alpha value is -0.770. The van der Waals surface area contributed by atoms with E-state index in [0.29, 0.717) is 11.3 Å². The van der Waals surface area contributed by atoms with Crippen LogP contribution in [0.3, 0.4) is 0 Å². The van der Waals surface area contributed by atoms with Gasteiger partial charge in [0.1, 0.15) is 5.75 Å². The Balaban J connectivity index is 0.00000176. The van der Waals surface area contributed by atoms with E-state index in [1.165, 1.54) is 57.5 Å². The van der Waals surface area contributed by atoms with E-state index in [0.717, 1.165) is 5.75 Å². The molecule has 2 heterocycles. The summed E-state index contributed by atoms with van der Waals surface area (Å²) in [4.78, 5) is 2.68. The van der Waals surface area contributed by atoms with Crippen molar-refractivity contribution in [2.24, 2.45) is 5.41 Å². The minimum absolute atomic E-state index is 0. The van der Waals surface area contributed by atoms with E-state index in [4.69, 9.17) is 4.74 Å². The predicted octanol–water partition coefficient (Wildman–Crippen LogP) is 3.30. The molecule has 2 fully saturated rings. The molecule has 1 aromatic rings. The highest BCUT2D eigenvalue weighted by Gasteiger charge is 2.38. The number of likely N-dealkylation sites (tertiary alicyclic amines) is 1. The van der Waals surface area contributed by atoms with Gasteiger partial charge < -0.3 is 15.0 Å². The Morgan fingerprint density at radius 2 is 1.86 bits per heavy atom. The van der Waals surface area contributed by atoms with E-state index in [1.54, 1.807) is 7.11 Å². The number of nitrogens with one attached hydrogen (secondary N) is 1. The van der Waals surface area contributed by atoms with Crippen molar-refractivity contribution in [1.29, 1.82) is 0 Å². The first-order chi connectivity index (χ1) is 10.2. The van der Waals surface area contributed by atoms with Crippen LogP contribution in [0.5, 0.6) is 5.75 Å². The Labute approximate surface area is 140 Å². The third-order valence-electron chi connectivity index (χ3n) is 5.40. The van der Waals surface area contributed by atoms with E-state index in [-0.39, 0.29) is 12.4 Å². The van der Waals surface area contributed by atoms with E-state index in [1.807, 2.05) is 0 Å². The third-order valence-corrected chi connectivity index (χ3v) is 5.40. The van der Waals surface area contributed by atoms with Crippen LogP contribution in [-0.2, 0) is 0 Å². The zero-order chi connectivity index (χ0) is 14.7. The highest BCUT2D eigenvalue weighted by atomic mass is 35.5. The molecule has 0 aromatic heterocycles. The lowest BCUT2D eigenvalue weighted by Gasteiger charge is -2.34. The molecular weight excluding hydrogens is 296 g/mol. The highest BCUT2D eigenvalue weighted by molar-refractivity contribution is 5.85. The molecule has 22 heavy (non-hydrogen) atoms. The Morgan fingerprint density at radius 3 is 2.50 bits per heavy atom. The maximum absolute atomic E-state index is 5.24. The molecule has 1 unspecified atom stereocenters. The van der Waals surface area contributed by atoms with Gasteiger partial charge >= 0.3 is 0 Å². The zero-order valence-electron chi connectivity index (χ0n) is 13.8. The summed E-state index contributed by atoms with van der Waals surface area (Å²) < 4.78 is 5.24. The molecule has 3 nitrogen and oxygen atoms in total. The Kier molecular flexibility index (Phi) is 6.13. The second-order valence-electron chi connectivity index (χ2n) is 6.91. The predicted molar refractivity (Wildman–Crippen MR) is 94.3 cm³/mol. The van der Waals surface area contributed by atoms with Gasteiger partial charge in [-0.25, -0.2) is 0 Å². The van der Waals surface area contributed by atoms with E-state index in [9.17, 15) is 0 Å². The van der Waals surface area contributed by atoms with Gasteiger partial charge in [-0.3, -0.25) is 0 Å². The lowest BCUT2D eigenvalue weighted by atomic mass is 9.78. The summed E-state index contributed by atoms with van der Waals surface area (Å²) in [5, 5.41) is 3.50. The molecule has 2 saturated heterocycles. The molecule has 124 valence electrons. The van der Waals surface area contributed by atoms with Crippen molar-refractivity contribution in [2.75, 3.05) is 39.8 Å². The summed E-state index contributed by atoms with van der Waals surface area (Å²) in [6, 6.07) is 8.56. The number of hydrogen-bond acceptors (Lipinski definition) is 3. The SMILES string of the molecule is COc1ccc(C(C)CN2CCC3(CCNCC3)C2)cc1.Cl. The lowest BCUT2D eigenvalue weighted by Crippen LogP contribution is -2.39. The molecule has 2 aliphatic heterocycles. The fourth-order valence-electron chi connectivity index (χ4n) is 3.97. The fourth-order valence-corrected chi connectivity index (χ4v) is 3.97. The first kappa shape index (κ1) is 17.6. The minimum atomic E-state index is 0. The van der Waals surface area contributed by atoms with Crippen LogP contribution in [0.1, 0.15) is 37.7 Å². The molecule has 1 atom stereocenters. The average Bonchev–Trinajstić information content (AvgIpc) is 2.90. The molecular formula is C18H29ClN2O. The van der Waals surface area contributed by atoms with E-state index >= 15 is 0 Å². The van der Waals surface area contributed by atoms with Gasteiger partial charge in [0.15, 0.2) is 0 Å². The lowest BCUT2D eigenvalue weighted by molar-refractivity contribution is 0.193. The van der Waals surface area contributed by atoms with Crippen LogP contribution >= 0.6 is 12.4 Å². The second kappa shape index (κ2) is 7.67. The van der Waals surface area contributed by atoms with Crippen molar-refractivity contribution < 1.29 is 4.74 Å². The molecule has 1 N–H and O–H groups in total. The van der Waals surface area contributed by atoms with Crippen LogP contribution in [0.15, 0.2) is 24.3 Å². The molecule has 3 rings (SSSR count). The van der Waals surface area contributed by atoms with Gasteiger partial charge in [-0.2, -0.15) is 0 Å². The number of piperidine rings is 1. The number of methoxy groups -OCH3 is 1. The highest BCUT2D eigenvalue weighted by Crippen LogP contribution is 2.39. The fraction of sp³-hybridized carbons (Fsp3) is 0.667. The quantitative estimate of drug-likeness (QED) is 0.919. The number of halogens is 1. The number of ether oxygens (including phenoxy) is 1. The van der Waals surface area contributed by atoms with Gasteiger partial charge in [0, 0.05) is 13.1 Å². The molecule has 1 spiro atoms. The summed E-state index contributed by atoms with van der Waals surface area (Å²) in [6.07, 6.45) is 4.12. The summed E-state index contributed by atoms with van der Waals surface area (Å²) in [7, 11) is 1.72. The summed E-state index contributed by atoms with van der Waals surface area (Å²) >= 11 is 0. The average molecular weight is 325 g/mol. The van der Waals surface area contributed by atoms with Gasteiger partial charge in [0.25, 0.3) is 0 Å². The maximum atomic E-state index is 5.24. The topological polar surface area (TPSA) is 24.5 Å². The van der Waals surface area contributed by atoms with Crippen molar-refractivity contribution in [1.82, 2.24) is 10.2 Å². The largest absolute Gasteiger partial charge is 0.497 e. The molecule has 0 aliphatic carbocycles. The van der Waals surface area contributed by atoms with Crippen LogP contribution < -0.4 is 10.1 Å².